The van der Waals surface area contributed by atoms with Gasteiger partial charge in [-0.2, -0.15) is 0 Å². The van der Waals surface area contributed by atoms with Gasteiger partial charge in [-0.05, 0) is 12.5 Å². The topological polar surface area (TPSA) is 72.3 Å². The molecule has 0 unspecified atom stereocenters. The lowest BCUT2D eigenvalue weighted by Crippen LogP contribution is -2.37. The number of nitrogens with zero attached hydrogens (tertiary/aromatic N) is 1. The van der Waals surface area contributed by atoms with Crippen molar-refractivity contribution in [2.45, 2.75) is 33.3 Å². The van der Waals surface area contributed by atoms with E-state index in [0.717, 1.165) is 17.8 Å². The van der Waals surface area contributed by atoms with Crippen LogP contribution < -0.4 is 5.73 Å². The molecule has 110 valence electrons. The smallest absolute Gasteiger partial charge is 0.180 e. The van der Waals surface area contributed by atoms with Gasteiger partial charge in [-0.1, -0.05) is 44.2 Å². The number of nitrogens with two attached hydrogens (primary N) is 1. The van der Waals surface area contributed by atoms with Crippen molar-refractivity contribution in [1.82, 2.24) is 4.98 Å². The first-order valence-corrected chi connectivity index (χ1v) is 6.73. The lowest BCUT2D eigenvalue weighted by atomic mass is 9.83. The average molecular weight is 276 g/mol. The number of aliphatic hydroxyl groups excluding tert-OH is 1. The summed E-state index contributed by atoms with van der Waals surface area (Å²) < 4.78 is 5.12. The van der Waals surface area contributed by atoms with Crippen molar-refractivity contribution >= 4 is 0 Å². The molecule has 4 nitrogen and oxygen atoms in total. The van der Waals surface area contributed by atoms with Gasteiger partial charge in [0.05, 0.1) is 12.3 Å². The molecular formula is C16H24N2O2. The van der Waals surface area contributed by atoms with Crippen molar-refractivity contribution in [3.05, 3.63) is 54.3 Å². The van der Waals surface area contributed by atoms with E-state index in [4.69, 9.17) is 10.2 Å². The molecule has 0 radical (unpaired) electrons. The van der Waals surface area contributed by atoms with Gasteiger partial charge >= 0.3 is 0 Å². The van der Waals surface area contributed by atoms with Crippen LogP contribution in [0.4, 0.5) is 0 Å². The maximum absolute atomic E-state index is 10.2. The zero-order valence-corrected chi connectivity index (χ0v) is 12.4. The predicted molar refractivity (Wildman–Crippen MR) is 81.1 cm³/mol. The standard InChI is InChI=1S/C16H24N2O2/c1-13(15(19)16(2,3)11-17)8-6-4-5-7-9-14-10-18-12-20-14/h4-8,10,12,15,19H,9,11,17H2,1-3H3/b6-4-,7-5+,13-8-/t15-/m1/s1. The van der Waals surface area contributed by atoms with Crippen molar-refractivity contribution in [3.8, 4) is 0 Å². The fourth-order valence-electron chi connectivity index (χ4n) is 1.70. The summed E-state index contributed by atoms with van der Waals surface area (Å²) in [4.78, 5) is 3.84. The minimum absolute atomic E-state index is 0.309. The van der Waals surface area contributed by atoms with Gasteiger partial charge in [-0.25, -0.2) is 4.98 Å². The highest BCUT2D eigenvalue weighted by Gasteiger charge is 2.26. The van der Waals surface area contributed by atoms with Crippen molar-refractivity contribution in [1.29, 1.82) is 0 Å². The molecule has 0 bridgehead atoms. The molecule has 1 aromatic rings. The van der Waals surface area contributed by atoms with Crippen LogP contribution in [0.15, 0.2) is 53.0 Å². The molecule has 0 spiro atoms. The van der Waals surface area contributed by atoms with Gasteiger partial charge in [0.1, 0.15) is 5.76 Å². The highest BCUT2D eigenvalue weighted by molar-refractivity contribution is 5.19. The second-order valence-electron chi connectivity index (χ2n) is 5.49. The van der Waals surface area contributed by atoms with Crippen LogP contribution in [0.2, 0.25) is 0 Å². The number of rotatable bonds is 7. The summed E-state index contributed by atoms with van der Waals surface area (Å²) in [6, 6.07) is 0. The third-order valence-electron chi connectivity index (χ3n) is 3.22. The van der Waals surface area contributed by atoms with Crippen LogP contribution >= 0.6 is 0 Å². The molecule has 0 aromatic carbocycles. The van der Waals surface area contributed by atoms with E-state index < -0.39 is 6.10 Å². The summed E-state index contributed by atoms with van der Waals surface area (Å²) in [5.74, 6) is 0.835. The number of hydrogen-bond acceptors (Lipinski definition) is 4. The van der Waals surface area contributed by atoms with E-state index in [0.29, 0.717) is 6.54 Å². The molecule has 0 aliphatic carbocycles. The van der Waals surface area contributed by atoms with E-state index in [1.54, 1.807) is 6.20 Å². The molecular weight excluding hydrogens is 252 g/mol. The van der Waals surface area contributed by atoms with Crippen LogP contribution in [0.3, 0.4) is 0 Å². The first-order valence-electron chi connectivity index (χ1n) is 6.73. The Balaban J connectivity index is 2.46. The molecule has 0 fully saturated rings. The Morgan fingerprint density at radius 1 is 1.45 bits per heavy atom. The molecule has 0 amide bonds. The summed E-state index contributed by atoms with van der Waals surface area (Å²) in [5.41, 5.74) is 6.25. The number of aliphatic hydroxyl groups is 1. The van der Waals surface area contributed by atoms with Gasteiger partial charge < -0.3 is 15.3 Å². The first-order chi connectivity index (χ1) is 9.47. The van der Waals surface area contributed by atoms with Crippen molar-refractivity contribution in [2.75, 3.05) is 6.54 Å². The van der Waals surface area contributed by atoms with Crippen LogP contribution in [0.1, 0.15) is 26.5 Å². The molecule has 20 heavy (non-hydrogen) atoms. The lowest BCUT2D eigenvalue weighted by molar-refractivity contribution is 0.0872. The lowest BCUT2D eigenvalue weighted by Gasteiger charge is -2.29. The summed E-state index contributed by atoms with van der Waals surface area (Å²) in [5, 5.41) is 10.2. The average Bonchev–Trinajstić information content (AvgIpc) is 2.94. The van der Waals surface area contributed by atoms with E-state index in [9.17, 15) is 5.11 Å². The van der Waals surface area contributed by atoms with Crippen molar-refractivity contribution in [3.63, 3.8) is 0 Å². The normalized spacial score (nSPS) is 15.3. The molecule has 0 aliphatic heterocycles. The van der Waals surface area contributed by atoms with Gasteiger partial charge in [0.2, 0.25) is 0 Å². The van der Waals surface area contributed by atoms with Crippen LogP contribution in [0, 0.1) is 5.41 Å². The maximum atomic E-state index is 10.2. The minimum atomic E-state index is -0.532. The van der Waals surface area contributed by atoms with E-state index in [1.165, 1.54) is 6.39 Å². The molecule has 0 saturated heterocycles. The molecule has 1 atom stereocenters. The van der Waals surface area contributed by atoms with Crippen LogP contribution in [0.25, 0.3) is 0 Å². The molecule has 0 saturated carbocycles. The quantitative estimate of drug-likeness (QED) is 0.751. The Bertz CT molecular complexity index is 471. The van der Waals surface area contributed by atoms with Crippen LogP contribution in [0.5, 0.6) is 0 Å². The Morgan fingerprint density at radius 2 is 2.20 bits per heavy atom. The Labute approximate surface area is 120 Å². The molecule has 1 heterocycles. The Hall–Kier alpha value is -1.65. The minimum Gasteiger partial charge on any atom is -0.448 e. The van der Waals surface area contributed by atoms with E-state index >= 15 is 0 Å². The monoisotopic (exact) mass is 276 g/mol. The highest BCUT2D eigenvalue weighted by atomic mass is 16.3. The predicted octanol–water partition coefficient (Wildman–Crippen LogP) is 2.62. The molecule has 4 heteroatoms. The van der Waals surface area contributed by atoms with E-state index in [2.05, 4.69) is 4.98 Å². The molecule has 1 rings (SSSR count). The fraction of sp³-hybridized carbons (Fsp3) is 0.438. The van der Waals surface area contributed by atoms with Crippen molar-refractivity contribution < 1.29 is 9.52 Å². The van der Waals surface area contributed by atoms with Crippen LogP contribution in [-0.2, 0) is 6.42 Å². The summed E-state index contributed by atoms with van der Waals surface area (Å²) >= 11 is 0. The second-order valence-corrected chi connectivity index (χ2v) is 5.49. The fourth-order valence-corrected chi connectivity index (χ4v) is 1.70. The third kappa shape index (κ3) is 5.15. The van der Waals surface area contributed by atoms with Crippen LogP contribution in [-0.4, -0.2) is 22.7 Å². The van der Waals surface area contributed by atoms with Crippen molar-refractivity contribution in [2.24, 2.45) is 11.1 Å². The third-order valence-corrected chi connectivity index (χ3v) is 3.22. The number of allylic oxidation sites excluding steroid dienone is 5. The summed E-state index contributed by atoms with van der Waals surface area (Å²) in [6.45, 7) is 6.26. The molecule has 3 N–H and O–H groups in total. The van der Waals surface area contributed by atoms with Gasteiger partial charge in [0, 0.05) is 18.4 Å². The van der Waals surface area contributed by atoms with Gasteiger partial charge in [0.15, 0.2) is 6.39 Å². The first kappa shape index (κ1) is 16.4. The number of aromatic nitrogens is 1. The second kappa shape index (κ2) is 7.82. The van der Waals surface area contributed by atoms with E-state index in [-0.39, 0.29) is 5.41 Å². The maximum Gasteiger partial charge on any atom is 0.180 e. The Kier molecular flexibility index (Phi) is 6.42. The highest BCUT2D eigenvalue weighted by Crippen LogP contribution is 2.24. The summed E-state index contributed by atoms with van der Waals surface area (Å²) in [7, 11) is 0. The Morgan fingerprint density at radius 3 is 2.80 bits per heavy atom. The van der Waals surface area contributed by atoms with Gasteiger partial charge in [-0.3, -0.25) is 0 Å². The number of hydrogen-bond donors (Lipinski definition) is 2. The summed E-state index contributed by atoms with van der Waals surface area (Å²) in [6.07, 6.45) is 13.0. The van der Waals surface area contributed by atoms with E-state index in [1.807, 2.05) is 51.2 Å². The number of oxazole rings is 1. The largest absolute Gasteiger partial charge is 0.448 e. The zero-order chi connectivity index (χ0) is 15.0. The molecule has 0 aliphatic rings. The SMILES string of the molecule is C/C(=C/C=C\C=C\Cc1cnco1)[C@@H](O)C(C)(C)CN. The van der Waals surface area contributed by atoms with Gasteiger partial charge in [0.25, 0.3) is 0 Å². The zero-order valence-electron chi connectivity index (χ0n) is 12.4. The van der Waals surface area contributed by atoms with Gasteiger partial charge in [-0.15, -0.1) is 0 Å². The molecule has 1 aromatic heterocycles.